The number of hydrogen-bond acceptors (Lipinski definition) is 5. The number of carbonyl (C=O) groups excluding carboxylic acids is 1. The molecule has 0 bridgehead atoms. The first-order chi connectivity index (χ1) is 10.7. The molecule has 1 aromatic heterocycles. The van der Waals surface area contributed by atoms with Crippen molar-refractivity contribution in [2.24, 2.45) is 5.92 Å². The lowest BCUT2D eigenvalue weighted by molar-refractivity contribution is 0.0961. The van der Waals surface area contributed by atoms with E-state index in [0.717, 1.165) is 26.1 Å². The number of aliphatic hydroxyl groups is 1. The molecule has 2 unspecified atom stereocenters. The third kappa shape index (κ3) is 3.43. The number of carbonyl (C=O) groups is 1. The molecule has 1 aliphatic rings. The number of nitrogens with zero attached hydrogens (tertiary/aromatic N) is 1. The molecule has 0 saturated carbocycles. The molecule has 1 saturated heterocycles. The number of aromatic nitrogens is 1. The third-order valence-corrected chi connectivity index (χ3v) is 4.00. The molecular weight excluding hydrogens is 282 g/mol. The number of ketones is 1. The second-order valence-corrected chi connectivity index (χ2v) is 5.62. The zero-order chi connectivity index (χ0) is 15.4. The van der Waals surface area contributed by atoms with Crippen LogP contribution in [-0.4, -0.2) is 29.3 Å². The highest BCUT2D eigenvalue weighted by Gasteiger charge is 2.21. The lowest BCUT2D eigenvalue weighted by Gasteiger charge is -2.05. The monoisotopic (exact) mass is 301 g/mol. The van der Waals surface area contributed by atoms with Crippen LogP contribution in [0.15, 0.2) is 40.9 Å². The Morgan fingerprint density at radius 2 is 2.18 bits per heavy atom. The molecular formula is C17H19NO4. The van der Waals surface area contributed by atoms with Crippen LogP contribution in [0.2, 0.25) is 0 Å². The smallest absolute Gasteiger partial charge is 0.184 e. The van der Waals surface area contributed by atoms with Gasteiger partial charge in [-0.15, -0.1) is 0 Å². The van der Waals surface area contributed by atoms with E-state index in [1.54, 1.807) is 12.1 Å². The van der Waals surface area contributed by atoms with Gasteiger partial charge in [-0.05, 0) is 24.3 Å². The minimum atomic E-state index is -0.904. The van der Waals surface area contributed by atoms with Crippen LogP contribution < -0.4 is 0 Å². The molecule has 0 radical (unpaired) electrons. The number of aliphatic hydroxyl groups excluding tert-OH is 1. The quantitative estimate of drug-likeness (QED) is 0.831. The first-order valence-corrected chi connectivity index (χ1v) is 7.54. The Morgan fingerprint density at radius 3 is 2.91 bits per heavy atom. The number of Topliss-reactive ketones (excluding diaryl/α,β-unsaturated/α-hetero) is 1. The van der Waals surface area contributed by atoms with Crippen molar-refractivity contribution in [2.75, 3.05) is 13.2 Å². The average Bonchev–Trinajstić information content (AvgIpc) is 3.24. The van der Waals surface area contributed by atoms with Crippen molar-refractivity contribution >= 4 is 5.78 Å². The summed E-state index contributed by atoms with van der Waals surface area (Å²) in [5, 5.41) is 14.0. The Bertz CT molecular complexity index is 617. The zero-order valence-corrected chi connectivity index (χ0v) is 12.3. The Balaban J connectivity index is 1.61. The molecule has 0 amide bonds. The van der Waals surface area contributed by atoms with E-state index in [2.05, 4.69) is 5.16 Å². The predicted octanol–water partition coefficient (Wildman–Crippen LogP) is 2.76. The number of benzene rings is 1. The fourth-order valence-electron chi connectivity index (χ4n) is 2.62. The fraction of sp³-hybridized carbons (Fsp3) is 0.412. The minimum Gasteiger partial charge on any atom is -0.381 e. The van der Waals surface area contributed by atoms with Gasteiger partial charge in [0, 0.05) is 25.7 Å². The Labute approximate surface area is 128 Å². The van der Waals surface area contributed by atoms with Crippen molar-refractivity contribution in [3.63, 3.8) is 0 Å². The molecule has 3 rings (SSSR count). The zero-order valence-electron chi connectivity index (χ0n) is 12.3. The van der Waals surface area contributed by atoms with Gasteiger partial charge in [0.05, 0.1) is 0 Å². The predicted molar refractivity (Wildman–Crippen MR) is 79.5 cm³/mol. The number of ether oxygens (including phenoxy) is 1. The Hall–Kier alpha value is -1.98. The molecule has 116 valence electrons. The van der Waals surface area contributed by atoms with Gasteiger partial charge >= 0.3 is 0 Å². The Kier molecular flexibility index (Phi) is 4.65. The number of rotatable bonds is 6. The highest BCUT2D eigenvalue weighted by molar-refractivity contribution is 5.94. The molecule has 1 fully saturated rings. The van der Waals surface area contributed by atoms with Gasteiger partial charge < -0.3 is 14.4 Å². The van der Waals surface area contributed by atoms with E-state index in [1.165, 1.54) is 6.07 Å². The summed E-state index contributed by atoms with van der Waals surface area (Å²) in [6, 6.07) is 10.7. The summed E-state index contributed by atoms with van der Waals surface area (Å²) in [5.41, 5.74) is 0.990. The lowest BCUT2D eigenvalue weighted by atomic mass is 10.00. The SMILES string of the molecule is O=C(CCC1CCOC1)c1cc(C(O)c2ccccc2)on1. The number of hydrogen-bond donors (Lipinski definition) is 1. The maximum Gasteiger partial charge on any atom is 0.184 e. The first kappa shape index (κ1) is 14.9. The van der Waals surface area contributed by atoms with Crippen molar-refractivity contribution < 1.29 is 19.2 Å². The van der Waals surface area contributed by atoms with Crippen LogP contribution in [0, 0.1) is 5.92 Å². The van der Waals surface area contributed by atoms with E-state index in [9.17, 15) is 9.90 Å². The second kappa shape index (κ2) is 6.85. The molecule has 1 aromatic carbocycles. The van der Waals surface area contributed by atoms with Crippen molar-refractivity contribution in [3.05, 3.63) is 53.4 Å². The summed E-state index contributed by atoms with van der Waals surface area (Å²) in [6.07, 6.45) is 1.35. The van der Waals surface area contributed by atoms with Crippen LogP contribution >= 0.6 is 0 Å². The van der Waals surface area contributed by atoms with E-state index in [0.29, 0.717) is 23.7 Å². The summed E-state index contributed by atoms with van der Waals surface area (Å²) in [6.45, 7) is 1.53. The average molecular weight is 301 g/mol. The van der Waals surface area contributed by atoms with Crippen LogP contribution in [0.1, 0.15) is 47.2 Å². The summed E-state index contributed by atoms with van der Waals surface area (Å²) in [4.78, 5) is 12.1. The molecule has 1 aliphatic heterocycles. The standard InChI is InChI=1S/C17H19NO4/c19-15(7-6-12-8-9-21-11-12)14-10-16(22-18-14)17(20)13-4-2-1-3-5-13/h1-5,10,12,17,20H,6-9,11H2. The minimum absolute atomic E-state index is 0.0536. The summed E-state index contributed by atoms with van der Waals surface area (Å²) in [5.74, 6) is 0.700. The molecule has 5 heteroatoms. The second-order valence-electron chi connectivity index (χ2n) is 5.62. The molecule has 5 nitrogen and oxygen atoms in total. The van der Waals surface area contributed by atoms with E-state index in [4.69, 9.17) is 9.26 Å². The van der Waals surface area contributed by atoms with E-state index in [1.807, 2.05) is 18.2 Å². The van der Waals surface area contributed by atoms with E-state index < -0.39 is 6.10 Å². The van der Waals surface area contributed by atoms with Crippen LogP contribution in [-0.2, 0) is 4.74 Å². The molecule has 2 heterocycles. The van der Waals surface area contributed by atoms with Gasteiger partial charge in [0.1, 0.15) is 11.8 Å². The molecule has 0 spiro atoms. The third-order valence-electron chi connectivity index (χ3n) is 4.00. The molecule has 0 aliphatic carbocycles. The van der Waals surface area contributed by atoms with Crippen LogP contribution in [0.5, 0.6) is 0 Å². The topological polar surface area (TPSA) is 72.6 Å². The lowest BCUT2D eigenvalue weighted by Crippen LogP contribution is -2.05. The van der Waals surface area contributed by atoms with Crippen molar-refractivity contribution in [1.82, 2.24) is 5.16 Å². The maximum atomic E-state index is 12.1. The highest BCUT2D eigenvalue weighted by atomic mass is 16.5. The van der Waals surface area contributed by atoms with Gasteiger partial charge in [0.15, 0.2) is 11.5 Å². The molecule has 2 atom stereocenters. The molecule has 22 heavy (non-hydrogen) atoms. The Morgan fingerprint density at radius 1 is 1.36 bits per heavy atom. The van der Waals surface area contributed by atoms with E-state index >= 15 is 0 Å². The molecule has 2 aromatic rings. The molecule has 1 N–H and O–H groups in total. The highest BCUT2D eigenvalue weighted by Crippen LogP contribution is 2.24. The van der Waals surface area contributed by atoms with Crippen molar-refractivity contribution in [3.8, 4) is 0 Å². The van der Waals surface area contributed by atoms with Gasteiger partial charge in [-0.2, -0.15) is 0 Å². The maximum absolute atomic E-state index is 12.1. The van der Waals surface area contributed by atoms with Gasteiger partial charge in [-0.3, -0.25) is 4.79 Å². The summed E-state index contributed by atoms with van der Waals surface area (Å²) < 4.78 is 10.4. The van der Waals surface area contributed by atoms with Crippen molar-refractivity contribution in [1.29, 1.82) is 0 Å². The van der Waals surface area contributed by atoms with E-state index in [-0.39, 0.29) is 11.5 Å². The van der Waals surface area contributed by atoms with Crippen LogP contribution in [0.25, 0.3) is 0 Å². The van der Waals surface area contributed by atoms with Gasteiger partial charge in [-0.25, -0.2) is 0 Å². The van der Waals surface area contributed by atoms with Crippen LogP contribution in [0.3, 0.4) is 0 Å². The van der Waals surface area contributed by atoms with Gasteiger partial charge in [0.2, 0.25) is 0 Å². The van der Waals surface area contributed by atoms with Gasteiger partial charge in [0.25, 0.3) is 0 Å². The van der Waals surface area contributed by atoms with Crippen LogP contribution in [0.4, 0.5) is 0 Å². The van der Waals surface area contributed by atoms with Crippen molar-refractivity contribution in [2.45, 2.75) is 25.4 Å². The largest absolute Gasteiger partial charge is 0.381 e. The normalized spacial score (nSPS) is 19.2. The first-order valence-electron chi connectivity index (χ1n) is 7.54. The summed E-state index contributed by atoms with van der Waals surface area (Å²) in [7, 11) is 0. The summed E-state index contributed by atoms with van der Waals surface area (Å²) >= 11 is 0. The fourth-order valence-corrected chi connectivity index (χ4v) is 2.62. The van der Waals surface area contributed by atoms with Gasteiger partial charge in [-0.1, -0.05) is 35.5 Å².